The van der Waals surface area contributed by atoms with E-state index < -0.39 is 0 Å². The van der Waals surface area contributed by atoms with Gasteiger partial charge in [-0.2, -0.15) is 9.78 Å². The lowest BCUT2D eigenvalue weighted by Crippen LogP contribution is -2.20. The third kappa shape index (κ3) is 2.52. The Hall–Kier alpha value is -3.28. The van der Waals surface area contributed by atoms with Gasteiger partial charge in [-0.15, -0.1) is 0 Å². The van der Waals surface area contributed by atoms with Crippen molar-refractivity contribution in [2.24, 2.45) is 0 Å². The summed E-state index contributed by atoms with van der Waals surface area (Å²) in [5, 5.41) is 6.03. The second-order valence-corrected chi connectivity index (χ2v) is 5.61. The molecule has 0 saturated heterocycles. The van der Waals surface area contributed by atoms with Gasteiger partial charge >= 0.3 is 0 Å². The number of H-pyrrole nitrogens is 1. The number of hydrogen-bond acceptors (Lipinski definition) is 4. The van der Waals surface area contributed by atoms with Crippen molar-refractivity contribution in [3.8, 4) is 17.2 Å². The molecule has 6 nitrogen and oxygen atoms in total. The van der Waals surface area contributed by atoms with Gasteiger partial charge in [-0.05, 0) is 49.4 Å². The van der Waals surface area contributed by atoms with Crippen molar-refractivity contribution in [1.29, 1.82) is 0 Å². The molecule has 25 heavy (non-hydrogen) atoms. The van der Waals surface area contributed by atoms with E-state index in [1.165, 1.54) is 4.68 Å². The Labute approximate surface area is 143 Å². The monoisotopic (exact) mass is 335 g/mol. The zero-order valence-corrected chi connectivity index (χ0v) is 13.9. The maximum absolute atomic E-state index is 12.9. The second kappa shape index (κ2) is 5.98. The quantitative estimate of drug-likeness (QED) is 0.621. The molecule has 6 heteroatoms. The Morgan fingerprint density at radius 2 is 1.84 bits per heavy atom. The van der Waals surface area contributed by atoms with Gasteiger partial charge in [-0.1, -0.05) is 0 Å². The van der Waals surface area contributed by atoms with Crippen LogP contribution in [0.3, 0.4) is 0 Å². The summed E-state index contributed by atoms with van der Waals surface area (Å²) >= 11 is 0. The summed E-state index contributed by atoms with van der Waals surface area (Å²) in [7, 11) is 1.62. The number of nitrogens with one attached hydrogen (secondary N) is 1. The smallest absolute Gasteiger partial charge is 0.295 e. The maximum Gasteiger partial charge on any atom is 0.295 e. The van der Waals surface area contributed by atoms with Crippen molar-refractivity contribution in [2.75, 3.05) is 13.7 Å². The molecule has 0 spiro atoms. The summed E-state index contributed by atoms with van der Waals surface area (Å²) in [6.45, 7) is 2.53. The molecule has 0 aliphatic rings. The summed E-state index contributed by atoms with van der Waals surface area (Å²) in [5.41, 5.74) is 1.88. The Morgan fingerprint density at radius 1 is 1.08 bits per heavy atom. The molecular formula is C19H17N3O3. The van der Waals surface area contributed by atoms with Gasteiger partial charge in [-0.25, -0.2) is 0 Å². The molecular weight excluding hydrogens is 318 g/mol. The standard InChI is InChI=1S/C19H17N3O3/c1-3-25-13-6-4-12(5-7-13)22-19(23)18-16(11-20-22)15-10-14(24-2)8-9-17(15)21-18/h4-11,21H,3H2,1-2H3. The third-order valence-corrected chi connectivity index (χ3v) is 4.15. The SMILES string of the molecule is CCOc1ccc(-n2ncc3c([nH]c4ccc(OC)cc43)c2=O)cc1. The van der Waals surface area contributed by atoms with Crippen molar-refractivity contribution in [2.45, 2.75) is 6.92 Å². The number of aromatic nitrogens is 3. The van der Waals surface area contributed by atoms with Crippen LogP contribution in [0.15, 0.2) is 53.5 Å². The van der Waals surface area contributed by atoms with E-state index in [0.29, 0.717) is 17.8 Å². The number of rotatable bonds is 4. The molecule has 0 amide bonds. The van der Waals surface area contributed by atoms with Crippen molar-refractivity contribution in [1.82, 2.24) is 14.8 Å². The largest absolute Gasteiger partial charge is 0.497 e. The van der Waals surface area contributed by atoms with Crippen molar-refractivity contribution < 1.29 is 9.47 Å². The van der Waals surface area contributed by atoms with Crippen LogP contribution in [0, 0.1) is 0 Å². The van der Waals surface area contributed by atoms with Gasteiger partial charge < -0.3 is 14.5 Å². The summed E-state index contributed by atoms with van der Waals surface area (Å²) in [5.74, 6) is 1.50. The first-order valence-electron chi connectivity index (χ1n) is 8.02. The molecule has 0 aliphatic heterocycles. The third-order valence-electron chi connectivity index (χ3n) is 4.15. The fraction of sp³-hybridized carbons (Fsp3) is 0.158. The maximum atomic E-state index is 12.9. The molecule has 1 N–H and O–H groups in total. The van der Waals surface area contributed by atoms with Crippen LogP contribution in [0.4, 0.5) is 0 Å². The van der Waals surface area contributed by atoms with Gasteiger partial charge in [-0.3, -0.25) is 4.79 Å². The highest BCUT2D eigenvalue weighted by Gasteiger charge is 2.12. The zero-order valence-electron chi connectivity index (χ0n) is 13.9. The van der Waals surface area contributed by atoms with Crippen LogP contribution < -0.4 is 15.0 Å². The van der Waals surface area contributed by atoms with Crippen LogP contribution in [-0.4, -0.2) is 28.5 Å². The number of nitrogens with zero attached hydrogens (tertiary/aromatic N) is 2. The Kier molecular flexibility index (Phi) is 3.65. The molecule has 0 saturated carbocycles. The molecule has 126 valence electrons. The molecule has 0 fully saturated rings. The molecule has 4 rings (SSSR count). The van der Waals surface area contributed by atoms with Gasteiger partial charge in [0.25, 0.3) is 5.56 Å². The summed E-state index contributed by atoms with van der Waals surface area (Å²) < 4.78 is 12.1. The molecule has 4 aromatic rings. The molecule has 0 aliphatic carbocycles. The van der Waals surface area contributed by atoms with Gasteiger partial charge in [0.1, 0.15) is 17.0 Å². The fourth-order valence-corrected chi connectivity index (χ4v) is 2.93. The normalized spacial score (nSPS) is 11.1. The predicted octanol–water partition coefficient (Wildman–Crippen LogP) is 3.27. The number of ether oxygens (including phenoxy) is 2. The Bertz CT molecular complexity index is 1110. The van der Waals surface area contributed by atoms with E-state index in [1.54, 1.807) is 13.3 Å². The molecule has 2 aromatic carbocycles. The van der Waals surface area contributed by atoms with E-state index in [1.807, 2.05) is 49.4 Å². The average molecular weight is 335 g/mol. The molecule has 0 bridgehead atoms. The molecule has 0 atom stereocenters. The molecule has 0 unspecified atom stereocenters. The van der Waals surface area contributed by atoms with E-state index >= 15 is 0 Å². The average Bonchev–Trinajstić information content (AvgIpc) is 3.02. The molecule has 0 radical (unpaired) electrons. The number of benzene rings is 2. The number of aromatic amines is 1. The predicted molar refractivity (Wildman–Crippen MR) is 96.9 cm³/mol. The highest BCUT2D eigenvalue weighted by atomic mass is 16.5. The minimum Gasteiger partial charge on any atom is -0.497 e. The number of methoxy groups -OCH3 is 1. The Morgan fingerprint density at radius 3 is 2.56 bits per heavy atom. The molecule has 2 heterocycles. The van der Waals surface area contributed by atoms with Gasteiger partial charge in [0.05, 0.1) is 25.6 Å². The minimum atomic E-state index is -0.197. The molecule has 2 aromatic heterocycles. The summed E-state index contributed by atoms with van der Waals surface area (Å²) in [4.78, 5) is 16.1. The van der Waals surface area contributed by atoms with Gasteiger partial charge in [0.2, 0.25) is 0 Å². The van der Waals surface area contributed by atoms with Crippen molar-refractivity contribution in [3.05, 3.63) is 59.0 Å². The lowest BCUT2D eigenvalue weighted by Gasteiger charge is -2.06. The van der Waals surface area contributed by atoms with Gasteiger partial charge in [0, 0.05) is 16.3 Å². The van der Waals surface area contributed by atoms with E-state index in [4.69, 9.17) is 9.47 Å². The fourth-order valence-electron chi connectivity index (χ4n) is 2.93. The van der Waals surface area contributed by atoms with Crippen LogP contribution >= 0.6 is 0 Å². The summed E-state index contributed by atoms with van der Waals surface area (Å²) in [6.07, 6.45) is 1.70. The van der Waals surface area contributed by atoms with E-state index in [2.05, 4.69) is 10.1 Å². The lowest BCUT2D eigenvalue weighted by molar-refractivity contribution is 0.340. The van der Waals surface area contributed by atoms with Crippen LogP contribution in [0.1, 0.15) is 6.92 Å². The second-order valence-electron chi connectivity index (χ2n) is 5.61. The number of fused-ring (bicyclic) bond motifs is 3. The first-order valence-corrected chi connectivity index (χ1v) is 8.02. The van der Waals surface area contributed by atoms with Crippen LogP contribution in [0.2, 0.25) is 0 Å². The Balaban J connectivity index is 1.87. The first-order chi connectivity index (χ1) is 12.2. The van der Waals surface area contributed by atoms with Crippen LogP contribution in [0.25, 0.3) is 27.5 Å². The topological polar surface area (TPSA) is 69.1 Å². The minimum absolute atomic E-state index is 0.197. The van der Waals surface area contributed by atoms with E-state index in [-0.39, 0.29) is 5.56 Å². The number of hydrogen-bond donors (Lipinski definition) is 1. The van der Waals surface area contributed by atoms with Crippen molar-refractivity contribution >= 4 is 21.8 Å². The first kappa shape index (κ1) is 15.3. The van der Waals surface area contributed by atoms with Gasteiger partial charge in [0.15, 0.2) is 0 Å². The van der Waals surface area contributed by atoms with E-state index in [0.717, 1.165) is 27.8 Å². The summed E-state index contributed by atoms with van der Waals surface area (Å²) in [6, 6.07) is 12.9. The lowest BCUT2D eigenvalue weighted by atomic mass is 10.2. The van der Waals surface area contributed by atoms with Crippen LogP contribution in [-0.2, 0) is 0 Å². The highest BCUT2D eigenvalue weighted by molar-refractivity contribution is 6.07. The highest BCUT2D eigenvalue weighted by Crippen LogP contribution is 2.26. The zero-order chi connectivity index (χ0) is 17.4. The van der Waals surface area contributed by atoms with Crippen molar-refractivity contribution in [3.63, 3.8) is 0 Å². The van der Waals surface area contributed by atoms with E-state index in [9.17, 15) is 4.79 Å². The van der Waals surface area contributed by atoms with Crippen LogP contribution in [0.5, 0.6) is 11.5 Å².